The molecule has 1 unspecified atom stereocenters. The van der Waals surface area contributed by atoms with Crippen LogP contribution in [0, 0.1) is 11.6 Å². The molecule has 0 aromatic heterocycles. The molecule has 1 atom stereocenters. The van der Waals surface area contributed by atoms with E-state index in [0.717, 1.165) is 31.0 Å². The fraction of sp³-hybridized carbons (Fsp3) is 0.500. The van der Waals surface area contributed by atoms with E-state index in [0.29, 0.717) is 6.04 Å². The van der Waals surface area contributed by atoms with Gasteiger partial charge in [0.2, 0.25) is 0 Å². The first-order chi connectivity index (χ1) is 7.24. The van der Waals surface area contributed by atoms with Crippen LogP contribution in [0.25, 0.3) is 0 Å². The number of aryl methyl sites for hydroxylation is 1. The van der Waals surface area contributed by atoms with Crippen molar-refractivity contribution in [3.8, 4) is 0 Å². The van der Waals surface area contributed by atoms with Crippen LogP contribution in [0.5, 0.6) is 0 Å². The van der Waals surface area contributed by atoms with Crippen molar-refractivity contribution >= 4 is 12.4 Å². The Hall–Kier alpha value is -0.670. The van der Waals surface area contributed by atoms with Crippen LogP contribution in [-0.2, 0) is 6.42 Å². The highest BCUT2D eigenvalue weighted by Crippen LogP contribution is 2.14. The fourth-order valence-electron chi connectivity index (χ4n) is 2.10. The van der Waals surface area contributed by atoms with E-state index in [1.165, 1.54) is 25.0 Å². The van der Waals surface area contributed by atoms with Crippen molar-refractivity contribution in [3.05, 3.63) is 35.4 Å². The van der Waals surface area contributed by atoms with Crippen LogP contribution in [0.4, 0.5) is 8.78 Å². The molecule has 1 aliphatic rings. The van der Waals surface area contributed by atoms with Gasteiger partial charge in [0.15, 0.2) is 0 Å². The Morgan fingerprint density at radius 2 is 1.88 bits per heavy atom. The molecule has 0 saturated carbocycles. The second kappa shape index (κ2) is 6.16. The summed E-state index contributed by atoms with van der Waals surface area (Å²) >= 11 is 0. The zero-order valence-electron chi connectivity index (χ0n) is 9.01. The monoisotopic (exact) mass is 247 g/mol. The maximum atomic E-state index is 12.9. The second-order valence-electron chi connectivity index (χ2n) is 4.11. The zero-order valence-corrected chi connectivity index (χ0v) is 9.83. The second-order valence-corrected chi connectivity index (χ2v) is 4.11. The van der Waals surface area contributed by atoms with E-state index >= 15 is 0 Å². The molecule has 0 aliphatic carbocycles. The Bertz CT molecular complexity index is 318. The van der Waals surface area contributed by atoms with Gasteiger partial charge in [-0.2, -0.15) is 0 Å². The van der Waals surface area contributed by atoms with Crippen molar-refractivity contribution < 1.29 is 8.78 Å². The minimum atomic E-state index is -0.482. The summed E-state index contributed by atoms with van der Waals surface area (Å²) in [5.41, 5.74) is 0.751. The highest BCUT2D eigenvalue weighted by molar-refractivity contribution is 5.85. The van der Waals surface area contributed by atoms with Crippen LogP contribution in [0.1, 0.15) is 24.8 Å². The predicted molar refractivity (Wildman–Crippen MR) is 63.0 cm³/mol. The Morgan fingerprint density at radius 1 is 1.19 bits per heavy atom. The first kappa shape index (κ1) is 13.4. The number of benzene rings is 1. The smallest absolute Gasteiger partial charge is 0.126 e. The molecule has 2 rings (SSSR count). The van der Waals surface area contributed by atoms with Crippen molar-refractivity contribution in [1.29, 1.82) is 0 Å². The van der Waals surface area contributed by atoms with Gasteiger partial charge in [0, 0.05) is 12.1 Å². The maximum absolute atomic E-state index is 12.9. The van der Waals surface area contributed by atoms with Crippen molar-refractivity contribution in [2.24, 2.45) is 0 Å². The molecular weight excluding hydrogens is 232 g/mol. The van der Waals surface area contributed by atoms with E-state index in [-0.39, 0.29) is 12.4 Å². The highest BCUT2D eigenvalue weighted by Gasteiger charge is 2.13. The van der Waals surface area contributed by atoms with Crippen molar-refractivity contribution in [3.63, 3.8) is 0 Å². The van der Waals surface area contributed by atoms with E-state index in [1.54, 1.807) is 0 Å². The maximum Gasteiger partial charge on any atom is 0.126 e. The average molecular weight is 248 g/mol. The molecule has 0 spiro atoms. The molecule has 4 heteroatoms. The standard InChI is InChI=1S/C12H15F2N.ClH/c13-10-6-9(7-11(14)8-10)3-4-12-2-1-5-15-12;/h6-8,12,15H,1-5H2;1H. The molecule has 1 aliphatic heterocycles. The molecule has 1 aromatic carbocycles. The predicted octanol–water partition coefficient (Wildman–Crippen LogP) is 3.07. The van der Waals surface area contributed by atoms with Crippen LogP contribution in [-0.4, -0.2) is 12.6 Å². The van der Waals surface area contributed by atoms with E-state index in [1.807, 2.05) is 0 Å². The van der Waals surface area contributed by atoms with Crippen LogP contribution in [0.3, 0.4) is 0 Å². The van der Waals surface area contributed by atoms with Gasteiger partial charge in [-0.05, 0) is 49.9 Å². The molecular formula is C12H16ClF2N. The van der Waals surface area contributed by atoms with Gasteiger partial charge in [-0.25, -0.2) is 8.78 Å². The minimum absolute atomic E-state index is 0. The Kier molecular flexibility index (Phi) is 5.16. The molecule has 0 bridgehead atoms. The molecule has 90 valence electrons. The molecule has 1 N–H and O–H groups in total. The first-order valence-electron chi connectivity index (χ1n) is 5.42. The van der Waals surface area contributed by atoms with Gasteiger partial charge in [-0.15, -0.1) is 12.4 Å². The van der Waals surface area contributed by atoms with Crippen molar-refractivity contribution in [2.45, 2.75) is 31.7 Å². The third-order valence-electron chi connectivity index (χ3n) is 2.87. The van der Waals surface area contributed by atoms with E-state index in [2.05, 4.69) is 5.32 Å². The Morgan fingerprint density at radius 3 is 2.44 bits per heavy atom. The summed E-state index contributed by atoms with van der Waals surface area (Å²) in [5, 5.41) is 3.37. The molecule has 1 fully saturated rings. The van der Waals surface area contributed by atoms with Crippen LogP contribution < -0.4 is 5.32 Å². The number of hydrogen-bond acceptors (Lipinski definition) is 1. The van der Waals surface area contributed by atoms with E-state index in [9.17, 15) is 8.78 Å². The van der Waals surface area contributed by atoms with Gasteiger partial charge in [0.1, 0.15) is 11.6 Å². The summed E-state index contributed by atoms with van der Waals surface area (Å²) in [7, 11) is 0. The van der Waals surface area contributed by atoms with Gasteiger partial charge in [0.05, 0.1) is 0 Å². The van der Waals surface area contributed by atoms with Gasteiger partial charge in [0.25, 0.3) is 0 Å². The third kappa shape index (κ3) is 3.72. The summed E-state index contributed by atoms with van der Waals surface area (Å²) in [6.45, 7) is 1.07. The summed E-state index contributed by atoms with van der Waals surface area (Å²) < 4.78 is 25.7. The van der Waals surface area contributed by atoms with E-state index < -0.39 is 11.6 Å². The van der Waals surface area contributed by atoms with Gasteiger partial charge < -0.3 is 5.32 Å². The Balaban J connectivity index is 0.00000128. The SMILES string of the molecule is Cl.Fc1cc(F)cc(CCC2CCCN2)c1. The van der Waals surface area contributed by atoms with Crippen LogP contribution in [0.15, 0.2) is 18.2 Å². The topological polar surface area (TPSA) is 12.0 Å². The lowest BCUT2D eigenvalue weighted by molar-refractivity contribution is 0.549. The molecule has 1 saturated heterocycles. The molecule has 16 heavy (non-hydrogen) atoms. The number of halogens is 3. The molecule has 1 nitrogen and oxygen atoms in total. The quantitative estimate of drug-likeness (QED) is 0.866. The van der Waals surface area contributed by atoms with Crippen LogP contribution in [0.2, 0.25) is 0 Å². The molecule has 0 radical (unpaired) electrons. The minimum Gasteiger partial charge on any atom is -0.314 e. The lowest BCUT2D eigenvalue weighted by Gasteiger charge is -2.09. The van der Waals surface area contributed by atoms with Gasteiger partial charge in [-0.1, -0.05) is 0 Å². The van der Waals surface area contributed by atoms with Crippen molar-refractivity contribution in [2.75, 3.05) is 6.54 Å². The molecule has 1 aromatic rings. The van der Waals surface area contributed by atoms with Gasteiger partial charge in [-0.3, -0.25) is 0 Å². The highest BCUT2D eigenvalue weighted by atomic mass is 35.5. The average Bonchev–Trinajstić information content (AvgIpc) is 2.65. The fourth-order valence-corrected chi connectivity index (χ4v) is 2.10. The largest absolute Gasteiger partial charge is 0.314 e. The number of hydrogen-bond donors (Lipinski definition) is 1. The first-order valence-corrected chi connectivity index (χ1v) is 5.42. The molecule has 1 heterocycles. The summed E-state index contributed by atoms with van der Waals surface area (Å²) in [5.74, 6) is -0.964. The normalized spacial score (nSPS) is 19.5. The Labute approximate surface area is 101 Å². The van der Waals surface area contributed by atoms with Crippen LogP contribution >= 0.6 is 12.4 Å². The van der Waals surface area contributed by atoms with Crippen molar-refractivity contribution in [1.82, 2.24) is 5.32 Å². The summed E-state index contributed by atoms with van der Waals surface area (Å²) in [6, 6.07) is 4.27. The van der Waals surface area contributed by atoms with E-state index in [4.69, 9.17) is 0 Å². The number of nitrogens with one attached hydrogen (secondary N) is 1. The molecule has 0 amide bonds. The zero-order chi connectivity index (χ0) is 10.7. The van der Waals surface area contributed by atoms with Gasteiger partial charge >= 0.3 is 0 Å². The lowest BCUT2D eigenvalue weighted by atomic mass is 10.0. The third-order valence-corrected chi connectivity index (χ3v) is 2.87. The lowest BCUT2D eigenvalue weighted by Crippen LogP contribution is -2.21. The summed E-state index contributed by atoms with van der Waals surface area (Å²) in [6.07, 6.45) is 4.09. The summed E-state index contributed by atoms with van der Waals surface area (Å²) in [4.78, 5) is 0. The number of rotatable bonds is 3.